The van der Waals surface area contributed by atoms with Gasteiger partial charge in [0.1, 0.15) is 11.6 Å². The largest absolute Gasteiger partial charge is 0.324 e. The summed E-state index contributed by atoms with van der Waals surface area (Å²) in [7, 11) is 0. The van der Waals surface area contributed by atoms with E-state index in [2.05, 4.69) is 0 Å². The van der Waals surface area contributed by atoms with E-state index in [1.54, 1.807) is 0 Å². The van der Waals surface area contributed by atoms with Crippen LogP contribution in [-0.2, 0) is 6.42 Å². The van der Waals surface area contributed by atoms with Crippen LogP contribution >= 0.6 is 0 Å². The number of hydrogen-bond donors (Lipinski definition) is 1. The smallest absolute Gasteiger partial charge is 0.163 e. The van der Waals surface area contributed by atoms with Crippen LogP contribution in [0.4, 0.5) is 17.6 Å². The third kappa shape index (κ3) is 2.82. The van der Waals surface area contributed by atoms with E-state index in [-0.39, 0.29) is 23.1 Å². The maximum Gasteiger partial charge on any atom is 0.163 e. The summed E-state index contributed by atoms with van der Waals surface area (Å²) < 4.78 is 53.5. The number of aryl methyl sites for hydroxylation is 1. The van der Waals surface area contributed by atoms with Gasteiger partial charge in [-0.05, 0) is 30.5 Å². The zero-order valence-electron chi connectivity index (χ0n) is 10.8. The molecule has 0 saturated carbocycles. The summed E-state index contributed by atoms with van der Waals surface area (Å²) in [5.41, 5.74) is 6.08. The lowest BCUT2D eigenvalue weighted by Gasteiger charge is -2.14. The van der Waals surface area contributed by atoms with Gasteiger partial charge in [0.2, 0.25) is 0 Å². The highest BCUT2D eigenvalue weighted by Crippen LogP contribution is 2.24. The molecule has 106 valence electrons. The molecule has 2 aromatic rings. The van der Waals surface area contributed by atoms with Crippen LogP contribution in [0.5, 0.6) is 0 Å². The molecular formula is C15H13F4N. The monoisotopic (exact) mass is 283 g/mol. The van der Waals surface area contributed by atoms with E-state index in [9.17, 15) is 17.6 Å². The van der Waals surface area contributed by atoms with Crippen molar-refractivity contribution in [2.24, 2.45) is 5.73 Å². The molecule has 1 atom stereocenters. The number of rotatable bonds is 3. The van der Waals surface area contributed by atoms with Gasteiger partial charge < -0.3 is 5.73 Å². The molecule has 0 radical (unpaired) electrons. The van der Waals surface area contributed by atoms with Crippen LogP contribution in [0.25, 0.3) is 0 Å². The molecular weight excluding hydrogens is 270 g/mol. The van der Waals surface area contributed by atoms with Crippen molar-refractivity contribution in [2.45, 2.75) is 19.4 Å². The molecule has 0 spiro atoms. The van der Waals surface area contributed by atoms with Gasteiger partial charge in [-0.2, -0.15) is 0 Å². The molecule has 0 amide bonds. The molecule has 0 bridgehead atoms. The molecule has 0 aliphatic heterocycles. The topological polar surface area (TPSA) is 26.0 Å². The number of nitrogens with two attached hydrogens (primary N) is 1. The predicted molar refractivity (Wildman–Crippen MR) is 68.1 cm³/mol. The quantitative estimate of drug-likeness (QED) is 0.852. The molecule has 5 heteroatoms. The minimum Gasteiger partial charge on any atom is -0.324 e. The number of benzene rings is 2. The Bertz CT molecular complexity index is 640. The van der Waals surface area contributed by atoms with E-state index in [1.165, 1.54) is 25.1 Å². The fourth-order valence-corrected chi connectivity index (χ4v) is 1.98. The van der Waals surface area contributed by atoms with Gasteiger partial charge in [-0.1, -0.05) is 18.2 Å². The average Bonchev–Trinajstić information content (AvgIpc) is 2.39. The minimum atomic E-state index is -1.03. The van der Waals surface area contributed by atoms with Gasteiger partial charge in [0, 0.05) is 17.7 Å². The van der Waals surface area contributed by atoms with Crippen LogP contribution in [0.1, 0.15) is 22.7 Å². The normalized spacial score (nSPS) is 12.5. The highest BCUT2D eigenvalue weighted by Gasteiger charge is 2.18. The van der Waals surface area contributed by atoms with Crippen LogP contribution in [0.2, 0.25) is 0 Å². The Kier molecular flexibility index (Phi) is 4.09. The van der Waals surface area contributed by atoms with Gasteiger partial charge in [-0.25, -0.2) is 17.6 Å². The van der Waals surface area contributed by atoms with E-state index < -0.39 is 29.3 Å². The summed E-state index contributed by atoms with van der Waals surface area (Å²) in [6.07, 6.45) is -0.0501. The fraction of sp³-hybridized carbons (Fsp3) is 0.200. The van der Waals surface area contributed by atoms with Crippen molar-refractivity contribution >= 4 is 0 Å². The van der Waals surface area contributed by atoms with Crippen LogP contribution in [-0.4, -0.2) is 0 Å². The highest BCUT2D eigenvalue weighted by molar-refractivity contribution is 5.30. The Labute approximate surface area is 114 Å². The third-order valence-corrected chi connectivity index (χ3v) is 3.16. The Morgan fingerprint density at radius 1 is 1.00 bits per heavy atom. The highest BCUT2D eigenvalue weighted by atomic mass is 19.2. The second-order valence-corrected chi connectivity index (χ2v) is 4.65. The van der Waals surface area contributed by atoms with Crippen molar-refractivity contribution in [2.75, 3.05) is 0 Å². The maximum absolute atomic E-state index is 13.8. The predicted octanol–water partition coefficient (Wildman–Crippen LogP) is 3.79. The van der Waals surface area contributed by atoms with Gasteiger partial charge in [-0.15, -0.1) is 0 Å². The van der Waals surface area contributed by atoms with E-state index in [0.717, 1.165) is 12.1 Å². The summed E-state index contributed by atoms with van der Waals surface area (Å²) >= 11 is 0. The lowest BCUT2D eigenvalue weighted by molar-refractivity contribution is 0.481. The van der Waals surface area contributed by atoms with E-state index in [0.29, 0.717) is 0 Å². The van der Waals surface area contributed by atoms with Crippen LogP contribution in [0, 0.1) is 30.2 Å². The first-order chi connectivity index (χ1) is 9.40. The molecule has 1 nitrogen and oxygen atoms in total. The molecule has 0 heterocycles. The van der Waals surface area contributed by atoms with Crippen LogP contribution in [0.15, 0.2) is 30.3 Å². The van der Waals surface area contributed by atoms with Crippen molar-refractivity contribution in [3.05, 3.63) is 70.3 Å². The zero-order chi connectivity index (χ0) is 14.9. The molecule has 0 aliphatic rings. The minimum absolute atomic E-state index is 0.0307. The van der Waals surface area contributed by atoms with Gasteiger partial charge in [0.25, 0.3) is 0 Å². The Hall–Kier alpha value is -1.88. The summed E-state index contributed by atoms with van der Waals surface area (Å²) in [6, 6.07) is 4.94. The molecule has 0 saturated heterocycles. The van der Waals surface area contributed by atoms with Gasteiger partial charge in [0.15, 0.2) is 11.6 Å². The molecule has 0 aromatic heterocycles. The third-order valence-electron chi connectivity index (χ3n) is 3.16. The zero-order valence-corrected chi connectivity index (χ0v) is 10.8. The van der Waals surface area contributed by atoms with Crippen molar-refractivity contribution in [1.82, 2.24) is 0 Å². The fourth-order valence-electron chi connectivity index (χ4n) is 1.98. The molecule has 20 heavy (non-hydrogen) atoms. The van der Waals surface area contributed by atoms with Gasteiger partial charge in [0.05, 0.1) is 0 Å². The SMILES string of the molecule is Cc1ccc(C(N)Cc2ccc(F)cc2F)c(F)c1F. The summed E-state index contributed by atoms with van der Waals surface area (Å²) in [5, 5.41) is 0. The van der Waals surface area contributed by atoms with E-state index >= 15 is 0 Å². The molecule has 0 fully saturated rings. The lowest BCUT2D eigenvalue weighted by atomic mass is 9.97. The number of halogens is 4. The standard InChI is InChI=1S/C15H13F4N/c1-8-2-5-11(15(19)14(8)18)13(20)6-9-3-4-10(16)7-12(9)17/h2-5,7,13H,6,20H2,1H3. The molecule has 2 N–H and O–H groups in total. The van der Waals surface area contributed by atoms with E-state index in [1.807, 2.05) is 0 Å². The lowest BCUT2D eigenvalue weighted by Crippen LogP contribution is -2.17. The summed E-state index contributed by atoms with van der Waals surface area (Å²) in [4.78, 5) is 0. The first-order valence-corrected chi connectivity index (χ1v) is 6.04. The number of hydrogen-bond acceptors (Lipinski definition) is 1. The van der Waals surface area contributed by atoms with Gasteiger partial charge >= 0.3 is 0 Å². The average molecular weight is 283 g/mol. The second-order valence-electron chi connectivity index (χ2n) is 4.65. The summed E-state index contributed by atoms with van der Waals surface area (Å²) in [5.74, 6) is -3.45. The van der Waals surface area contributed by atoms with Gasteiger partial charge in [-0.3, -0.25) is 0 Å². The molecule has 1 unspecified atom stereocenters. The first kappa shape index (κ1) is 14.5. The Morgan fingerprint density at radius 2 is 1.70 bits per heavy atom. The second kappa shape index (κ2) is 5.63. The Balaban J connectivity index is 2.28. The van der Waals surface area contributed by atoms with Crippen molar-refractivity contribution in [1.29, 1.82) is 0 Å². The molecule has 0 aliphatic carbocycles. The molecule has 2 aromatic carbocycles. The Morgan fingerprint density at radius 3 is 2.35 bits per heavy atom. The van der Waals surface area contributed by atoms with Crippen LogP contribution < -0.4 is 5.73 Å². The van der Waals surface area contributed by atoms with Crippen LogP contribution in [0.3, 0.4) is 0 Å². The first-order valence-electron chi connectivity index (χ1n) is 6.04. The van der Waals surface area contributed by atoms with Crippen molar-refractivity contribution in [3.8, 4) is 0 Å². The maximum atomic E-state index is 13.8. The summed E-state index contributed by atoms with van der Waals surface area (Å²) in [6.45, 7) is 1.44. The van der Waals surface area contributed by atoms with Crippen molar-refractivity contribution in [3.63, 3.8) is 0 Å². The van der Waals surface area contributed by atoms with E-state index in [4.69, 9.17) is 5.73 Å². The van der Waals surface area contributed by atoms with Crippen molar-refractivity contribution < 1.29 is 17.6 Å². The molecule has 2 rings (SSSR count).